The van der Waals surface area contributed by atoms with E-state index >= 15 is 0 Å². The van der Waals surface area contributed by atoms with Crippen molar-refractivity contribution in [1.29, 1.82) is 0 Å². The van der Waals surface area contributed by atoms with E-state index in [1.54, 1.807) is 19.2 Å². The molecule has 2 aromatic heterocycles. The van der Waals surface area contributed by atoms with Gasteiger partial charge in [-0.25, -0.2) is 0 Å². The first kappa shape index (κ1) is 20.4. The van der Waals surface area contributed by atoms with Crippen LogP contribution in [-0.4, -0.2) is 35.4 Å². The molecule has 27 heavy (non-hydrogen) atoms. The Hall–Kier alpha value is -2.94. The number of nitrogens with zero attached hydrogens (tertiary/aromatic N) is 1. The third-order valence-corrected chi connectivity index (χ3v) is 4.19. The van der Waals surface area contributed by atoms with Gasteiger partial charge in [-0.3, -0.25) is 19.7 Å². The largest absolute Gasteiger partial charge is 0.483 e. The van der Waals surface area contributed by atoms with E-state index in [1.165, 1.54) is 0 Å². The van der Waals surface area contributed by atoms with Gasteiger partial charge in [0.2, 0.25) is 0 Å². The standard InChI is InChI=1S/C17H20N2O5.CH2O2/c1-9(2)10-6-12(20)15-14(7-10)24-17(18-15)19-16(21)13-5-4-11(23-13)8-22-3;2-1-3/h4-5,9-10H,6-8H2,1-3H3,(H,18,19,21);1H,(H,2,3). The molecule has 0 saturated carbocycles. The molecule has 0 bridgehead atoms. The molecule has 2 heterocycles. The van der Waals surface area contributed by atoms with Gasteiger partial charge in [-0.2, -0.15) is 4.98 Å². The average molecular weight is 378 g/mol. The number of oxazole rings is 1. The number of Topliss-reactive ketones (excluding diaryl/α,β-unsaturated/α-hetero) is 1. The summed E-state index contributed by atoms with van der Waals surface area (Å²) in [6.07, 6.45) is 1.11. The summed E-state index contributed by atoms with van der Waals surface area (Å²) in [6.45, 7) is 4.19. The number of hydrogen-bond donors (Lipinski definition) is 2. The number of fused-ring (bicyclic) bond motifs is 1. The molecule has 0 spiro atoms. The Labute approximate surface area is 155 Å². The van der Waals surface area contributed by atoms with Gasteiger partial charge in [0, 0.05) is 20.0 Å². The fourth-order valence-corrected chi connectivity index (χ4v) is 2.76. The van der Waals surface area contributed by atoms with Gasteiger partial charge in [-0.1, -0.05) is 13.8 Å². The van der Waals surface area contributed by atoms with Gasteiger partial charge < -0.3 is 18.7 Å². The number of carboxylic acid groups (broad SMARTS) is 1. The van der Waals surface area contributed by atoms with Crippen LogP contribution in [0.15, 0.2) is 21.0 Å². The predicted molar refractivity (Wildman–Crippen MR) is 93.5 cm³/mol. The summed E-state index contributed by atoms with van der Waals surface area (Å²) < 4.78 is 15.9. The highest BCUT2D eigenvalue weighted by Gasteiger charge is 2.32. The second kappa shape index (κ2) is 9.13. The van der Waals surface area contributed by atoms with Crippen molar-refractivity contribution in [2.24, 2.45) is 11.8 Å². The maximum Gasteiger partial charge on any atom is 0.302 e. The van der Waals surface area contributed by atoms with Crippen molar-refractivity contribution in [3.05, 3.63) is 35.1 Å². The number of carbonyl (C=O) groups excluding carboxylic acids is 2. The van der Waals surface area contributed by atoms with E-state index in [0.717, 1.165) is 0 Å². The molecule has 146 valence electrons. The number of nitrogens with one attached hydrogen (secondary N) is 1. The van der Waals surface area contributed by atoms with Crippen LogP contribution in [0.25, 0.3) is 0 Å². The Morgan fingerprint density at radius 2 is 2.11 bits per heavy atom. The SMILES string of the molecule is COCc1ccc(C(=O)Nc2nc3c(o2)CC(C(C)C)CC3=O)o1.O=CO. The molecule has 1 atom stereocenters. The van der Waals surface area contributed by atoms with E-state index < -0.39 is 5.91 Å². The number of anilines is 1. The van der Waals surface area contributed by atoms with Crippen LogP contribution in [0.3, 0.4) is 0 Å². The minimum absolute atomic E-state index is 0.0208. The maximum atomic E-state index is 12.2. The Morgan fingerprint density at radius 1 is 1.41 bits per heavy atom. The molecule has 0 fully saturated rings. The predicted octanol–water partition coefficient (Wildman–Crippen LogP) is 2.77. The Bertz CT molecular complexity index is 806. The van der Waals surface area contributed by atoms with Crippen LogP contribution in [0, 0.1) is 11.8 Å². The molecule has 9 heteroatoms. The molecular formula is C18H22N2O7. The first-order chi connectivity index (χ1) is 12.9. The van der Waals surface area contributed by atoms with Gasteiger partial charge in [0.1, 0.15) is 23.8 Å². The summed E-state index contributed by atoms with van der Waals surface area (Å²) >= 11 is 0. The molecule has 0 aliphatic heterocycles. The number of methoxy groups -OCH3 is 1. The summed E-state index contributed by atoms with van der Waals surface area (Å²) in [5.74, 6) is 1.31. The Balaban J connectivity index is 0.000000817. The number of aromatic nitrogens is 1. The number of ketones is 1. The third kappa shape index (κ3) is 5.04. The van der Waals surface area contributed by atoms with Gasteiger partial charge in [0.15, 0.2) is 11.5 Å². The van der Waals surface area contributed by atoms with Crippen LogP contribution < -0.4 is 5.32 Å². The fraction of sp³-hybridized carbons (Fsp3) is 0.444. The molecule has 9 nitrogen and oxygen atoms in total. The lowest BCUT2D eigenvalue weighted by Gasteiger charge is -2.22. The molecule has 1 amide bonds. The summed E-state index contributed by atoms with van der Waals surface area (Å²) in [4.78, 5) is 36.8. The summed E-state index contributed by atoms with van der Waals surface area (Å²) in [5.41, 5.74) is 0.321. The summed E-state index contributed by atoms with van der Waals surface area (Å²) in [7, 11) is 1.54. The zero-order valence-electron chi connectivity index (χ0n) is 15.4. The molecule has 1 aliphatic rings. The van der Waals surface area contributed by atoms with E-state index in [4.69, 9.17) is 23.5 Å². The molecule has 0 saturated heterocycles. The zero-order valence-corrected chi connectivity index (χ0v) is 15.4. The maximum absolute atomic E-state index is 12.2. The second-order valence-electron chi connectivity index (χ2n) is 6.38. The molecule has 1 aliphatic carbocycles. The minimum atomic E-state index is -0.483. The van der Waals surface area contributed by atoms with Crippen molar-refractivity contribution in [3.63, 3.8) is 0 Å². The number of carbonyl (C=O) groups is 3. The topological polar surface area (TPSA) is 132 Å². The van der Waals surface area contributed by atoms with E-state index in [2.05, 4.69) is 24.1 Å². The van der Waals surface area contributed by atoms with Crippen molar-refractivity contribution in [2.45, 2.75) is 33.3 Å². The highest BCUT2D eigenvalue weighted by atomic mass is 16.5. The van der Waals surface area contributed by atoms with Crippen LogP contribution in [0.1, 0.15) is 52.8 Å². The molecule has 0 radical (unpaired) electrons. The van der Waals surface area contributed by atoms with Crippen LogP contribution in [0.5, 0.6) is 0 Å². The lowest BCUT2D eigenvalue weighted by Crippen LogP contribution is -2.23. The van der Waals surface area contributed by atoms with Crippen LogP contribution in [-0.2, 0) is 22.6 Å². The number of furan rings is 1. The van der Waals surface area contributed by atoms with Crippen LogP contribution >= 0.6 is 0 Å². The lowest BCUT2D eigenvalue weighted by molar-refractivity contribution is -0.122. The highest BCUT2D eigenvalue weighted by molar-refractivity contribution is 6.02. The van der Waals surface area contributed by atoms with Crippen LogP contribution in [0.4, 0.5) is 6.01 Å². The van der Waals surface area contributed by atoms with Gasteiger partial charge in [0.05, 0.1) is 0 Å². The summed E-state index contributed by atoms with van der Waals surface area (Å²) in [6, 6.07) is 3.23. The normalized spacial score (nSPS) is 15.7. The average Bonchev–Trinajstić information content (AvgIpc) is 3.22. The van der Waals surface area contributed by atoms with Gasteiger partial charge in [-0.15, -0.1) is 0 Å². The number of amides is 1. The molecule has 2 N–H and O–H groups in total. The van der Waals surface area contributed by atoms with E-state index in [0.29, 0.717) is 36.0 Å². The summed E-state index contributed by atoms with van der Waals surface area (Å²) in [5, 5.41) is 9.42. The van der Waals surface area contributed by atoms with Gasteiger partial charge in [0.25, 0.3) is 12.4 Å². The first-order valence-corrected chi connectivity index (χ1v) is 8.39. The van der Waals surface area contributed by atoms with Crippen molar-refractivity contribution >= 4 is 24.2 Å². The third-order valence-electron chi connectivity index (χ3n) is 4.19. The smallest absolute Gasteiger partial charge is 0.302 e. The number of ether oxygens (including phenoxy) is 1. The number of rotatable bonds is 5. The van der Waals surface area contributed by atoms with Crippen molar-refractivity contribution in [3.8, 4) is 0 Å². The number of hydrogen-bond acceptors (Lipinski definition) is 7. The van der Waals surface area contributed by atoms with E-state index in [-0.39, 0.29) is 36.6 Å². The quantitative estimate of drug-likeness (QED) is 0.759. The lowest BCUT2D eigenvalue weighted by atomic mass is 9.82. The van der Waals surface area contributed by atoms with Gasteiger partial charge >= 0.3 is 6.01 Å². The fourth-order valence-electron chi connectivity index (χ4n) is 2.76. The van der Waals surface area contributed by atoms with Gasteiger partial charge in [-0.05, 0) is 24.0 Å². The van der Waals surface area contributed by atoms with E-state index in [1.807, 2.05) is 0 Å². The molecule has 2 aromatic rings. The Morgan fingerprint density at radius 3 is 2.74 bits per heavy atom. The molecule has 1 unspecified atom stereocenters. The minimum Gasteiger partial charge on any atom is -0.483 e. The monoisotopic (exact) mass is 378 g/mol. The molecular weight excluding hydrogens is 356 g/mol. The van der Waals surface area contributed by atoms with Crippen LogP contribution in [0.2, 0.25) is 0 Å². The molecule has 0 aromatic carbocycles. The van der Waals surface area contributed by atoms with Crippen molar-refractivity contribution in [2.75, 3.05) is 12.4 Å². The second-order valence-corrected chi connectivity index (χ2v) is 6.38. The first-order valence-electron chi connectivity index (χ1n) is 8.39. The van der Waals surface area contributed by atoms with Crippen molar-refractivity contribution < 1.29 is 33.1 Å². The Kier molecular flexibility index (Phi) is 6.89. The zero-order chi connectivity index (χ0) is 20.0. The highest BCUT2D eigenvalue weighted by Crippen LogP contribution is 2.31. The molecule has 3 rings (SSSR count). The van der Waals surface area contributed by atoms with E-state index in [9.17, 15) is 9.59 Å². The van der Waals surface area contributed by atoms with Crippen molar-refractivity contribution in [1.82, 2.24) is 4.98 Å².